The molecule has 1 amide bonds. The summed E-state index contributed by atoms with van der Waals surface area (Å²) < 4.78 is 0. The molecule has 0 atom stereocenters. The van der Waals surface area contributed by atoms with Gasteiger partial charge in [0.25, 0.3) is 0 Å². The van der Waals surface area contributed by atoms with Crippen LogP contribution in [0.1, 0.15) is 31.5 Å². The van der Waals surface area contributed by atoms with Crippen LogP contribution in [0.4, 0.5) is 0 Å². The molecule has 0 saturated heterocycles. The molecule has 0 fully saturated rings. The molecule has 80 valence electrons. The first-order valence-electron chi connectivity index (χ1n) is 4.87. The van der Waals surface area contributed by atoms with Gasteiger partial charge in [-0.15, -0.1) is 12.3 Å². The van der Waals surface area contributed by atoms with Crippen LogP contribution in [0.5, 0.6) is 0 Å². The summed E-state index contributed by atoms with van der Waals surface area (Å²) in [5, 5.41) is 9.08. The van der Waals surface area contributed by atoms with E-state index in [1.165, 1.54) is 6.33 Å². The maximum absolute atomic E-state index is 11.3. The number of carbonyl (C=O) groups is 1. The van der Waals surface area contributed by atoms with E-state index in [4.69, 9.17) is 6.42 Å². The molecule has 0 radical (unpaired) electrons. The van der Waals surface area contributed by atoms with Crippen molar-refractivity contribution in [3.63, 3.8) is 0 Å². The second-order valence-electron chi connectivity index (χ2n) is 3.12. The van der Waals surface area contributed by atoms with E-state index in [0.29, 0.717) is 18.8 Å². The highest BCUT2D eigenvalue weighted by Crippen LogP contribution is 1.98. The van der Waals surface area contributed by atoms with E-state index in [1.54, 1.807) is 0 Å². The lowest BCUT2D eigenvalue weighted by molar-refractivity contribution is -0.121. The summed E-state index contributed by atoms with van der Waals surface area (Å²) in [6.45, 7) is 0.397. The average molecular weight is 206 g/mol. The Bertz CT molecular complexity index is 326. The summed E-state index contributed by atoms with van der Waals surface area (Å²) in [4.78, 5) is 15.2. The summed E-state index contributed by atoms with van der Waals surface area (Å²) in [6, 6.07) is 0. The number of terminal acetylenes is 1. The highest BCUT2D eigenvalue weighted by molar-refractivity contribution is 5.75. The molecule has 1 aromatic rings. The third-order valence-corrected chi connectivity index (χ3v) is 1.89. The smallest absolute Gasteiger partial charge is 0.220 e. The normalized spacial score (nSPS) is 9.53. The van der Waals surface area contributed by atoms with Crippen LogP contribution in [0.15, 0.2) is 6.33 Å². The van der Waals surface area contributed by atoms with Gasteiger partial charge in [-0.2, -0.15) is 5.10 Å². The van der Waals surface area contributed by atoms with Gasteiger partial charge in [-0.25, -0.2) is 4.98 Å². The topological polar surface area (TPSA) is 70.7 Å². The van der Waals surface area contributed by atoms with E-state index in [1.807, 2.05) is 0 Å². The molecule has 0 unspecified atom stereocenters. The zero-order valence-electron chi connectivity index (χ0n) is 8.49. The first-order chi connectivity index (χ1) is 7.33. The highest BCUT2D eigenvalue weighted by Gasteiger charge is 2.01. The summed E-state index contributed by atoms with van der Waals surface area (Å²) in [5.74, 6) is 3.22. The molecular formula is C10H14N4O. The number of hydrogen-bond acceptors (Lipinski definition) is 3. The predicted molar refractivity (Wildman–Crippen MR) is 55.5 cm³/mol. The lowest BCUT2D eigenvalue weighted by Crippen LogP contribution is -2.22. The molecule has 0 aromatic carbocycles. The van der Waals surface area contributed by atoms with Crippen molar-refractivity contribution in [1.82, 2.24) is 20.5 Å². The highest BCUT2D eigenvalue weighted by atomic mass is 16.1. The number of H-pyrrole nitrogens is 1. The quantitative estimate of drug-likeness (QED) is 0.529. The lowest BCUT2D eigenvalue weighted by Gasteiger charge is -2.01. The standard InChI is InChI=1S/C10H14N4O/c1-2-3-4-5-6-10(15)11-7-9-12-8-13-14-9/h1,8H,3-7H2,(H,11,15)(H,12,13,14). The van der Waals surface area contributed by atoms with Gasteiger partial charge in [0, 0.05) is 12.8 Å². The van der Waals surface area contributed by atoms with Gasteiger partial charge in [-0.05, 0) is 12.8 Å². The Labute approximate surface area is 88.7 Å². The van der Waals surface area contributed by atoms with Crippen LogP contribution in [0.3, 0.4) is 0 Å². The minimum Gasteiger partial charge on any atom is -0.349 e. The molecular weight excluding hydrogens is 192 g/mol. The van der Waals surface area contributed by atoms with Gasteiger partial charge in [0.15, 0.2) is 0 Å². The van der Waals surface area contributed by atoms with Crippen molar-refractivity contribution in [3.8, 4) is 12.3 Å². The number of unbranched alkanes of at least 4 members (excludes halogenated alkanes) is 2. The van der Waals surface area contributed by atoms with Gasteiger partial charge in [-0.3, -0.25) is 9.89 Å². The summed E-state index contributed by atoms with van der Waals surface area (Å²) in [5.41, 5.74) is 0. The molecule has 5 heteroatoms. The van der Waals surface area contributed by atoms with E-state index in [-0.39, 0.29) is 5.91 Å². The molecule has 0 spiro atoms. The largest absolute Gasteiger partial charge is 0.349 e. The molecule has 1 heterocycles. The molecule has 0 aliphatic rings. The number of aromatic amines is 1. The fraction of sp³-hybridized carbons (Fsp3) is 0.500. The van der Waals surface area contributed by atoms with Gasteiger partial charge < -0.3 is 5.32 Å². The third kappa shape index (κ3) is 4.81. The second kappa shape index (κ2) is 6.60. The zero-order chi connectivity index (χ0) is 10.9. The van der Waals surface area contributed by atoms with E-state index in [2.05, 4.69) is 26.4 Å². The molecule has 0 aliphatic carbocycles. The number of carbonyl (C=O) groups excluding carboxylic acids is 1. The van der Waals surface area contributed by atoms with Crippen LogP contribution < -0.4 is 5.32 Å². The molecule has 0 saturated carbocycles. The number of amides is 1. The van der Waals surface area contributed by atoms with Gasteiger partial charge in [0.05, 0.1) is 6.54 Å². The van der Waals surface area contributed by atoms with Gasteiger partial charge in [0.2, 0.25) is 5.91 Å². The van der Waals surface area contributed by atoms with E-state index in [0.717, 1.165) is 19.3 Å². The van der Waals surface area contributed by atoms with Crippen LogP contribution in [0.2, 0.25) is 0 Å². The Kier molecular flexibility index (Phi) is 4.95. The molecule has 15 heavy (non-hydrogen) atoms. The number of aromatic nitrogens is 3. The maximum Gasteiger partial charge on any atom is 0.220 e. The van der Waals surface area contributed by atoms with Gasteiger partial charge in [0.1, 0.15) is 12.2 Å². The van der Waals surface area contributed by atoms with Gasteiger partial charge in [-0.1, -0.05) is 0 Å². The van der Waals surface area contributed by atoms with Crippen molar-refractivity contribution in [2.45, 2.75) is 32.2 Å². The monoisotopic (exact) mass is 206 g/mol. The van der Waals surface area contributed by atoms with Crippen molar-refractivity contribution in [3.05, 3.63) is 12.2 Å². The summed E-state index contributed by atoms with van der Waals surface area (Å²) in [6.07, 6.45) is 9.47. The minimum atomic E-state index is 0.0171. The first kappa shape index (κ1) is 11.2. The Morgan fingerprint density at radius 3 is 3.13 bits per heavy atom. The summed E-state index contributed by atoms with van der Waals surface area (Å²) >= 11 is 0. The van der Waals surface area contributed by atoms with Crippen molar-refractivity contribution in [2.75, 3.05) is 0 Å². The molecule has 1 aromatic heterocycles. The number of nitrogens with zero attached hydrogens (tertiary/aromatic N) is 2. The number of rotatable bonds is 6. The lowest BCUT2D eigenvalue weighted by atomic mass is 10.2. The first-order valence-corrected chi connectivity index (χ1v) is 4.87. The Balaban J connectivity index is 2.07. The van der Waals surface area contributed by atoms with Crippen molar-refractivity contribution < 1.29 is 4.79 Å². The van der Waals surface area contributed by atoms with Crippen molar-refractivity contribution >= 4 is 5.91 Å². The van der Waals surface area contributed by atoms with Crippen LogP contribution in [-0.2, 0) is 11.3 Å². The van der Waals surface area contributed by atoms with Crippen LogP contribution in [0, 0.1) is 12.3 Å². The number of hydrogen-bond donors (Lipinski definition) is 2. The summed E-state index contributed by atoms with van der Waals surface area (Å²) in [7, 11) is 0. The van der Waals surface area contributed by atoms with Gasteiger partial charge >= 0.3 is 0 Å². The number of nitrogens with one attached hydrogen (secondary N) is 2. The Hall–Kier alpha value is -1.83. The molecule has 0 bridgehead atoms. The zero-order valence-corrected chi connectivity index (χ0v) is 8.49. The Morgan fingerprint density at radius 1 is 1.60 bits per heavy atom. The van der Waals surface area contributed by atoms with Crippen LogP contribution in [0.25, 0.3) is 0 Å². The molecule has 1 rings (SSSR count). The Morgan fingerprint density at radius 2 is 2.47 bits per heavy atom. The second-order valence-corrected chi connectivity index (χ2v) is 3.12. The average Bonchev–Trinajstić information content (AvgIpc) is 2.74. The third-order valence-electron chi connectivity index (χ3n) is 1.89. The molecule has 0 aliphatic heterocycles. The van der Waals surface area contributed by atoms with Crippen molar-refractivity contribution in [1.29, 1.82) is 0 Å². The van der Waals surface area contributed by atoms with E-state index < -0.39 is 0 Å². The SMILES string of the molecule is C#CCCCCC(=O)NCc1ncn[nH]1. The van der Waals surface area contributed by atoms with Crippen molar-refractivity contribution in [2.24, 2.45) is 0 Å². The predicted octanol–water partition coefficient (Wildman–Crippen LogP) is 0.614. The van der Waals surface area contributed by atoms with E-state index >= 15 is 0 Å². The molecule has 2 N–H and O–H groups in total. The van der Waals surface area contributed by atoms with E-state index in [9.17, 15) is 4.79 Å². The maximum atomic E-state index is 11.3. The fourth-order valence-electron chi connectivity index (χ4n) is 1.10. The fourth-order valence-corrected chi connectivity index (χ4v) is 1.10. The van der Waals surface area contributed by atoms with Crippen LogP contribution >= 0.6 is 0 Å². The van der Waals surface area contributed by atoms with Crippen LogP contribution in [-0.4, -0.2) is 21.1 Å². The molecule has 5 nitrogen and oxygen atoms in total. The minimum absolute atomic E-state index is 0.0171.